The molecule has 3 nitrogen and oxygen atoms in total. The van der Waals surface area contributed by atoms with Crippen LogP contribution in [-0.4, -0.2) is 42.7 Å². The molecule has 0 aromatic carbocycles. The maximum Gasteiger partial charge on any atom is 0.0691 e. The molecular weight excluding hydrogens is 222 g/mol. The number of hydrogen-bond acceptors (Lipinski definition) is 3. The quantitative estimate of drug-likeness (QED) is 0.675. The van der Waals surface area contributed by atoms with Gasteiger partial charge in [0, 0.05) is 12.1 Å². The highest BCUT2D eigenvalue weighted by atomic mass is 15.2. The second kappa shape index (κ2) is 7.78. The fourth-order valence-corrected chi connectivity index (χ4v) is 2.78. The first kappa shape index (κ1) is 15.5. The summed E-state index contributed by atoms with van der Waals surface area (Å²) in [5.74, 6) is 2.87. The number of terminal acetylenes is 1. The molecule has 0 saturated carbocycles. The third kappa shape index (κ3) is 4.28. The average molecular weight is 251 g/mol. The molecule has 3 N–H and O–H groups in total. The normalized spacial score (nSPS) is 21.4. The number of hydrogen-bond donors (Lipinski definition) is 2. The van der Waals surface area contributed by atoms with Gasteiger partial charge < -0.3 is 10.6 Å². The minimum Gasteiger partial charge on any atom is -0.329 e. The lowest BCUT2D eigenvalue weighted by atomic mass is 9.86. The van der Waals surface area contributed by atoms with E-state index < -0.39 is 0 Å². The topological polar surface area (TPSA) is 41.3 Å². The lowest BCUT2D eigenvalue weighted by Gasteiger charge is -2.43. The van der Waals surface area contributed by atoms with Crippen LogP contribution in [0.4, 0.5) is 0 Å². The molecule has 0 spiro atoms. The summed E-state index contributed by atoms with van der Waals surface area (Å²) in [6.45, 7) is 8.58. The zero-order valence-corrected chi connectivity index (χ0v) is 12.0. The highest BCUT2D eigenvalue weighted by Crippen LogP contribution is 2.22. The van der Waals surface area contributed by atoms with Gasteiger partial charge in [-0.3, -0.25) is 5.32 Å². The van der Waals surface area contributed by atoms with E-state index in [4.69, 9.17) is 12.2 Å². The van der Waals surface area contributed by atoms with E-state index in [2.05, 4.69) is 30.0 Å². The highest BCUT2D eigenvalue weighted by molar-refractivity contribution is 5.05. The van der Waals surface area contributed by atoms with Crippen LogP contribution in [0.25, 0.3) is 0 Å². The van der Waals surface area contributed by atoms with Crippen molar-refractivity contribution in [3.8, 4) is 12.3 Å². The van der Waals surface area contributed by atoms with Crippen molar-refractivity contribution in [1.82, 2.24) is 10.2 Å². The van der Waals surface area contributed by atoms with Crippen LogP contribution in [0, 0.1) is 12.3 Å². The second-order valence-corrected chi connectivity index (χ2v) is 5.48. The Bertz CT molecular complexity index is 261. The van der Waals surface area contributed by atoms with Crippen LogP contribution < -0.4 is 11.1 Å². The molecule has 3 heteroatoms. The third-order valence-corrected chi connectivity index (χ3v) is 4.00. The van der Waals surface area contributed by atoms with Crippen molar-refractivity contribution in [2.75, 3.05) is 26.2 Å². The molecule has 0 radical (unpaired) electrons. The van der Waals surface area contributed by atoms with Gasteiger partial charge in [0.2, 0.25) is 0 Å². The minimum absolute atomic E-state index is 0.0659. The summed E-state index contributed by atoms with van der Waals surface area (Å²) in [4.78, 5) is 2.53. The van der Waals surface area contributed by atoms with E-state index in [1.807, 2.05) is 0 Å². The van der Waals surface area contributed by atoms with Crippen LogP contribution in [0.1, 0.15) is 46.0 Å². The zero-order chi connectivity index (χ0) is 13.4. The van der Waals surface area contributed by atoms with Crippen LogP contribution in [0.3, 0.4) is 0 Å². The number of nitrogens with two attached hydrogens (primary N) is 1. The van der Waals surface area contributed by atoms with Gasteiger partial charge in [-0.25, -0.2) is 0 Å². The van der Waals surface area contributed by atoms with Crippen molar-refractivity contribution < 1.29 is 0 Å². The van der Waals surface area contributed by atoms with Crippen LogP contribution in [0.15, 0.2) is 0 Å². The van der Waals surface area contributed by atoms with Crippen molar-refractivity contribution in [2.45, 2.75) is 57.5 Å². The van der Waals surface area contributed by atoms with E-state index in [1.165, 1.54) is 13.0 Å². The fraction of sp³-hybridized carbons (Fsp3) is 0.867. The molecule has 1 aliphatic rings. The van der Waals surface area contributed by atoms with E-state index in [1.54, 1.807) is 0 Å². The van der Waals surface area contributed by atoms with Crippen LogP contribution in [-0.2, 0) is 0 Å². The fourth-order valence-electron chi connectivity index (χ4n) is 2.78. The predicted octanol–water partition coefficient (Wildman–Crippen LogP) is 1.58. The number of nitrogens with one attached hydrogen (secondary N) is 1. The lowest BCUT2D eigenvalue weighted by molar-refractivity contribution is 0.133. The van der Waals surface area contributed by atoms with E-state index in [-0.39, 0.29) is 11.6 Å². The lowest BCUT2D eigenvalue weighted by Crippen LogP contribution is -2.60. The monoisotopic (exact) mass is 251 g/mol. The van der Waals surface area contributed by atoms with Gasteiger partial charge in [-0.05, 0) is 45.3 Å². The maximum atomic E-state index is 6.01. The third-order valence-electron chi connectivity index (χ3n) is 4.00. The molecule has 1 heterocycles. The Balaban J connectivity index is 2.52. The van der Waals surface area contributed by atoms with Gasteiger partial charge in [0.15, 0.2) is 0 Å². The van der Waals surface area contributed by atoms with E-state index >= 15 is 0 Å². The highest BCUT2D eigenvalue weighted by Gasteiger charge is 2.34. The minimum atomic E-state index is 0.0659. The molecule has 18 heavy (non-hydrogen) atoms. The van der Waals surface area contributed by atoms with E-state index in [0.717, 1.165) is 38.8 Å². The Morgan fingerprint density at radius 2 is 2.00 bits per heavy atom. The molecule has 1 unspecified atom stereocenters. The summed E-state index contributed by atoms with van der Waals surface area (Å²) in [6.07, 6.45) is 11.2. The molecule has 1 rings (SSSR count). The van der Waals surface area contributed by atoms with Gasteiger partial charge in [-0.1, -0.05) is 26.2 Å². The molecule has 1 fully saturated rings. The summed E-state index contributed by atoms with van der Waals surface area (Å²) in [7, 11) is 0. The molecule has 0 bridgehead atoms. The molecule has 1 saturated heterocycles. The van der Waals surface area contributed by atoms with Crippen molar-refractivity contribution in [2.24, 2.45) is 5.73 Å². The van der Waals surface area contributed by atoms with Gasteiger partial charge in [-0.2, -0.15) is 0 Å². The molecular formula is C15H29N3. The van der Waals surface area contributed by atoms with E-state index in [0.29, 0.717) is 6.54 Å². The average Bonchev–Trinajstić information content (AvgIpc) is 2.41. The van der Waals surface area contributed by atoms with Crippen LogP contribution in [0.2, 0.25) is 0 Å². The Labute approximate surface area is 112 Å². The molecule has 104 valence electrons. The Kier molecular flexibility index (Phi) is 6.70. The number of rotatable bonds is 7. The first-order chi connectivity index (χ1) is 8.69. The Morgan fingerprint density at radius 1 is 1.33 bits per heavy atom. The standard InChI is InChI=1S/C15H29N3/c1-4-7-14(6-3)17-15(13-16)8-11-18(10-5-2)12-9-15/h3,14,17H,4-5,7-13,16H2,1-2H3. The van der Waals surface area contributed by atoms with Gasteiger partial charge >= 0.3 is 0 Å². The second-order valence-electron chi connectivity index (χ2n) is 5.48. The summed E-state index contributed by atoms with van der Waals surface area (Å²) >= 11 is 0. The summed E-state index contributed by atoms with van der Waals surface area (Å²) < 4.78 is 0. The van der Waals surface area contributed by atoms with Crippen molar-refractivity contribution in [3.63, 3.8) is 0 Å². The van der Waals surface area contributed by atoms with Gasteiger partial charge in [-0.15, -0.1) is 6.42 Å². The molecule has 0 aromatic heterocycles. The summed E-state index contributed by atoms with van der Waals surface area (Å²) in [6, 6.07) is 0.177. The predicted molar refractivity (Wildman–Crippen MR) is 78.4 cm³/mol. The summed E-state index contributed by atoms with van der Waals surface area (Å²) in [5, 5.41) is 3.64. The number of nitrogens with zero attached hydrogens (tertiary/aromatic N) is 1. The molecule has 1 aliphatic heterocycles. The van der Waals surface area contributed by atoms with Crippen LogP contribution in [0.5, 0.6) is 0 Å². The van der Waals surface area contributed by atoms with Gasteiger partial charge in [0.1, 0.15) is 0 Å². The molecule has 0 aromatic rings. The van der Waals surface area contributed by atoms with Crippen LogP contribution >= 0.6 is 0 Å². The molecule has 0 amide bonds. The smallest absolute Gasteiger partial charge is 0.0691 e. The molecule has 0 aliphatic carbocycles. The Morgan fingerprint density at radius 3 is 2.44 bits per heavy atom. The van der Waals surface area contributed by atoms with Crippen molar-refractivity contribution in [3.05, 3.63) is 0 Å². The molecule has 1 atom stereocenters. The first-order valence-corrected chi connectivity index (χ1v) is 7.36. The Hall–Kier alpha value is -0.560. The zero-order valence-electron chi connectivity index (χ0n) is 12.0. The number of likely N-dealkylation sites (tertiary alicyclic amines) is 1. The maximum absolute atomic E-state index is 6.01. The van der Waals surface area contributed by atoms with Crippen molar-refractivity contribution in [1.29, 1.82) is 0 Å². The van der Waals surface area contributed by atoms with Gasteiger partial charge in [0.25, 0.3) is 0 Å². The largest absolute Gasteiger partial charge is 0.329 e. The van der Waals surface area contributed by atoms with Crippen molar-refractivity contribution >= 4 is 0 Å². The number of piperidine rings is 1. The van der Waals surface area contributed by atoms with E-state index in [9.17, 15) is 0 Å². The first-order valence-electron chi connectivity index (χ1n) is 7.36. The SMILES string of the molecule is C#CC(CCC)NC1(CN)CCN(CCC)CC1. The van der Waals surface area contributed by atoms with Gasteiger partial charge in [0.05, 0.1) is 6.04 Å². The summed E-state index contributed by atoms with van der Waals surface area (Å²) in [5.41, 5.74) is 6.07.